The molecule has 1 amide bonds. The number of ether oxygens (including phenoxy) is 1. The highest BCUT2D eigenvalue weighted by atomic mass is 16.5. The van der Waals surface area contributed by atoms with Crippen LogP contribution in [0.25, 0.3) is 0 Å². The highest BCUT2D eigenvalue weighted by Gasteiger charge is 2.27. The number of morpholine rings is 1. The predicted octanol–water partition coefficient (Wildman–Crippen LogP) is 1.10. The predicted molar refractivity (Wildman–Crippen MR) is 95.2 cm³/mol. The molecule has 2 saturated heterocycles. The van der Waals surface area contributed by atoms with E-state index in [1.807, 2.05) is 30.4 Å². The third-order valence-corrected chi connectivity index (χ3v) is 5.38. The van der Waals surface area contributed by atoms with Crippen molar-refractivity contribution in [2.45, 2.75) is 40.2 Å². The molecular formula is C18H31N5O2. The minimum atomic E-state index is -0.0596. The maximum atomic E-state index is 12.8. The first kappa shape index (κ1) is 18.3. The van der Waals surface area contributed by atoms with Gasteiger partial charge in [-0.15, -0.1) is 0 Å². The van der Waals surface area contributed by atoms with Gasteiger partial charge in [0.25, 0.3) is 0 Å². The van der Waals surface area contributed by atoms with Gasteiger partial charge in [-0.25, -0.2) is 9.67 Å². The molecule has 0 aromatic carbocycles. The van der Waals surface area contributed by atoms with Crippen LogP contribution in [-0.2, 0) is 16.1 Å². The van der Waals surface area contributed by atoms with Crippen molar-refractivity contribution in [3.8, 4) is 0 Å². The molecule has 0 radical (unpaired) electrons. The molecule has 7 heteroatoms. The van der Waals surface area contributed by atoms with Crippen molar-refractivity contribution in [1.82, 2.24) is 24.6 Å². The number of rotatable bonds is 5. The third kappa shape index (κ3) is 4.79. The van der Waals surface area contributed by atoms with Crippen molar-refractivity contribution in [2.75, 3.05) is 45.9 Å². The number of likely N-dealkylation sites (tertiary alicyclic amines) is 1. The van der Waals surface area contributed by atoms with Crippen molar-refractivity contribution >= 4 is 5.91 Å². The number of hydrogen-bond donors (Lipinski definition) is 0. The molecule has 140 valence electrons. The number of nitrogens with zero attached hydrogens (tertiary/aromatic N) is 5. The zero-order chi connectivity index (χ0) is 17.8. The molecule has 0 bridgehead atoms. The van der Waals surface area contributed by atoms with Gasteiger partial charge in [0, 0.05) is 32.7 Å². The van der Waals surface area contributed by atoms with Crippen LogP contribution >= 0.6 is 0 Å². The molecule has 2 fully saturated rings. The standard InChI is InChI=1S/C18H31N5O2/c1-14(12-23-16(3)19-15(2)20-23)18(24)22-6-4-17(5-7-22)13-21-8-10-25-11-9-21/h14,17H,4-13H2,1-3H3. The molecule has 0 spiro atoms. The maximum Gasteiger partial charge on any atom is 0.227 e. The molecule has 0 N–H and O–H groups in total. The van der Waals surface area contributed by atoms with E-state index in [9.17, 15) is 4.79 Å². The number of hydrogen-bond acceptors (Lipinski definition) is 5. The van der Waals surface area contributed by atoms with Crippen molar-refractivity contribution in [2.24, 2.45) is 11.8 Å². The summed E-state index contributed by atoms with van der Waals surface area (Å²) >= 11 is 0. The lowest BCUT2D eigenvalue weighted by molar-refractivity contribution is -0.137. The topological polar surface area (TPSA) is 63.5 Å². The van der Waals surface area contributed by atoms with E-state index >= 15 is 0 Å². The molecule has 0 aliphatic carbocycles. The van der Waals surface area contributed by atoms with E-state index in [1.165, 1.54) is 0 Å². The van der Waals surface area contributed by atoms with Gasteiger partial charge in [-0.3, -0.25) is 9.69 Å². The van der Waals surface area contributed by atoms with E-state index in [-0.39, 0.29) is 11.8 Å². The molecule has 3 heterocycles. The monoisotopic (exact) mass is 349 g/mol. The Morgan fingerprint density at radius 2 is 1.88 bits per heavy atom. The normalized spacial score (nSPS) is 21.5. The zero-order valence-corrected chi connectivity index (χ0v) is 15.8. The van der Waals surface area contributed by atoms with Crippen LogP contribution in [0, 0.1) is 25.7 Å². The summed E-state index contributed by atoms with van der Waals surface area (Å²) < 4.78 is 7.27. The van der Waals surface area contributed by atoms with Gasteiger partial charge in [-0.05, 0) is 32.6 Å². The summed E-state index contributed by atoms with van der Waals surface area (Å²) in [6, 6.07) is 0. The van der Waals surface area contributed by atoms with Gasteiger partial charge in [0.05, 0.1) is 25.7 Å². The van der Waals surface area contributed by atoms with E-state index in [2.05, 4.69) is 15.0 Å². The third-order valence-electron chi connectivity index (χ3n) is 5.38. The molecule has 1 atom stereocenters. The molecule has 1 unspecified atom stereocenters. The lowest BCUT2D eigenvalue weighted by Crippen LogP contribution is -2.45. The average Bonchev–Trinajstić information content (AvgIpc) is 2.93. The van der Waals surface area contributed by atoms with E-state index in [0.29, 0.717) is 12.5 Å². The van der Waals surface area contributed by atoms with Crippen molar-refractivity contribution < 1.29 is 9.53 Å². The van der Waals surface area contributed by atoms with Crippen LogP contribution in [0.4, 0.5) is 0 Å². The van der Waals surface area contributed by atoms with Crippen molar-refractivity contribution in [1.29, 1.82) is 0 Å². The van der Waals surface area contributed by atoms with Crippen LogP contribution in [0.1, 0.15) is 31.4 Å². The van der Waals surface area contributed by atoms with Crippen LogP contribution in [0.5, 0.6) is 0 Å². The zero-order valence-electron chi connectivity index (χ0n) is 15.8. The van der Waals surface area contributed by atoms with Crippen LogP contribution < -0.4 is 0 Å². The molecule has 2 aliphatic rings. The minimum absolute atomic E-state index is 0.0596. The summed E-state index contributed by atoms with van der Waals surface area (Å²) in [6.45, 7) is 13.2. The summed E-state index contributed by atoms with van der Waals surface area (Å²) in [4.78, 5) is 21.6. The van der Waals surface area contributed by atoms with Gasteiger partial charge in [0.2, 0.25) is 5.91 Å². The lowest BCUT2D eigenvalue weighted by atomic mass is 9.95. The number of piperidine rings is 1. The molecule has 0 saturated carbocycles. The number of carbonyl (C=O) groups is 1. The van der Waals surface area contributed by atoms with E-state index in [4.69, 9.17) is 4.74 Å². The van der Waals surface area contributed by atoms with Gasteiger partial charge in [0.15, 0.2) is 0 Å². The Kier molecular flexibility index (Phi) is 6.06. The van der Waals surface area contributed by atoms with Gasteiger partial charge in [0.1, 0.15) is 11.6 Å². The summed E-state index contributed by atoms with van der Waals surface area (Å²) in [6.07, 6.45) is 2.22. The lowest BCUT2D eigenvalue weighted by Gasteiger charge is -2.36. The number of amides is 1. The maximum absolute atomic E-state index is 12.8. The first-order valence-corrected chi connectivity index (χ1v) is 9.50. The molecule has 1 aromatic rings. The summed E-state index contributed by atoms with van der Waals surface area (Å²) in [5, 5.41) is 4.37. The molecular weight excluding hydrogens is 318 g/mol. The fourth-order valence-electron chi connectivity index (χ4n) is 3.87. The summed E-state index contributed by atoms with van der Waals surface area (Å²) in [5.74, 6) is 2.54. The molecule has 2 aliphatic heterocycles. The highest BCUT2D eigenvalue weighted by molar-refractivity contribution is 5.78. The molecule has 25 heavy (non-hydrogen) atoms. The Hall–Kier alpha value is -1.47. The fourth-order valence-corrected chi connectivity index (χ4v) is 3.87. The van der Waals surface area contributed by atoms with Crippen molar-refractivity contribution in [3.05, 3.63) is 11.6 Å². The Balaban J connectivity index is 1.45. The number of aryl methyl sites for hydroxylation is 2. The highest BCUT2D eigenvalue weighted by Crippen LogP contribution is 2.21. The van der Waals surface area contributed by atoms with E-state index in [1.54, 1.807) is 0 Å². The summed E-state index contributed by atoms with van der Waals surface area (Å²) in [5.41, 5.74) is 0. The van der Waals surface area contributed by atoms with Gasteiger partial charge in [-0.2, -0.15) is 5.10 Å². The quantitative estimate of drug-likeness (QED) is 0.797. The Morgan fingerprint density at radius 3 is 2.48 bits per heavy atom. The molecule has 3 rings (SSSR count). The Bertz CT molecular complexity index is 574. The first-order valence-electron chi connectivity index (χ1n) is 9.50. The second-order valence-corrected chi connectivity index (χ2v) is 7.47. The second-order valence-electron chi connectivity index (χ2n) is 7.47. The van der Waals surface area contributed by atoms with E-state index in [0.717, 1.165) is 70.4 Å². The minimum Gasteiger partial charge on any atom is -0.379 e. The molecule has 1 aromatic heterocycles. The Labute approximate surface area is 150 Å². The molecule has 7 nitrogen and oxygen atoms in total. The van der Waals surface area contributed by atoms with Gasteiger partial charge in [-0.1, -0.05) is 6.92 Å². The van der Waals surface area contributed by atoms with Crippen molar-refractivity contribution in [3.63, 3.8) is 0 Å². The number of carbonyl (C=O) groups excluding carboxylic acids is 1. The largest absolute Gasteiger partial charge is 0.379 e. The summed E-state index contributed by atoms with van der Waals surface area (Å²) in [7, 11) is 0. The second kappa shape index (κ2) is 8.27. The fraction of sp³-hybridized carbons (Fsp3) is 0.833. The number of aromatic nitrogens is 3. The van der Waals surface area contributed by atoms with Crippen LogP contribution in [0.3, 0.4) is 0 Å². The smallest absolute Gasteiger partial charge is 0.227 e. The van der Waals surface area contributed by atoms with Gasteiger partial charge < -0.3 is 9.64 Å². The average molecular weight is 349 g/mol. The first-order chi connectivity index (χ1) is 12.0. The Morgan fingerprint density at radius 1 is 1.20 bits per heavy atom. The van der Waals surface area contributed by atoms with Gasteiger partial charge >= 0.3 is 0 Å². The van der Waals surface area contributed by atoms with Crippen LogP contribution in [-0.4, -0.2) is 76.4 Å². The SMILES string of the molecule is Cc1nc(C)n(CC(C)C(=O)N2CCC(CN3CCOCC3)CC2)n1. The van der Waals surface area contributed by atoms with Crippen LogP contribution in [0.2, 0.25) is 0 Å². The van der Waals surface area contributed by atoms with E-state index < -0.39 is 0 Å². The van der Waals surface area contributed by atoms with Crippen LogP contribution in [0.15, 0.2) is 0 Å².